The van der Waals surface area contributed by atoms with Gasteiger partial charge in [-0.2, -0.15) is 0 Å². The molecule has 1 aliphatic rings. The Hall–Kier alpha value is -2.84. The van der Waals surface area contributed by atoms with E-state index in [9.17, 15) is 9.82 Å². The average Bonchev–Trinajstić information content (AvgIpc) is 3.19. The minimum atomic E-state index is -0.972. The lowest BCUT2D eigenvalue weighted by Crippen LogP contribution is -2.29. The van der Waals surface area contributed by atoms with E-state index in [0.29, 0.717) is 11.3 Å². The zero-order valence-electron chi connectivity index (χ0n) is 14.5. The molecular weight excluding hydrogens is 331 g/mol. The monoisotopic (exact) mass is 348 g/mol. The molecule has 4 rings (SSSR count). The summed E-state index contributed by atoms with van der Waals surface area (Å²) in [5.74, 6) is 0.443. The number of benzene rings is 1. The fourth-order valence-electron chi connectivity index (χ4n) is 3.15. The van der Waals surface area contributed by atoms with Crippen molar-refractivity contribution in [2.24, 2.45) is 0 Å². The van der Waals surface area contributed by atoms with Crippen LogP contribution in [-0.4, -0.2) is 37.9 Å². The van der Waals surface area contributed by atoms with Crippen molar-refractivity contribution in [3.05, 3.63) is 65.6 Å². The summed E-state index contributed by atoms with van der Waals surface area (Å²) in [4.78, 5) is 16.7. The lowest BCUT2D eigenvalue weighted by molar-refractivity contribution is 0.0986. The van der Waals surface area contributed by atoms with Gasteiger partial charge in [-0.25, -0.2) is 9.67 Å². The quantitative estimate of drug-likeness (QED) is 0.560. The summed E-state index contributed by atoms with van der Waals surface area (Å²) >= 11 is 0. The maximum atomic E-state index is 12.5. The van der Waals surface area contributed by atoms with E-state index in [1.54, 1.807) is 24.5 Å². The molecule has 130 valence electrons. The van der Waals surface area contributed by atoms with Gasteiger partial charge in [-0.1, -0.05) is 29.5 Å². The number of aromatic nitrogens is 4. The topological polar surface area (TPSA) is 90.1 Å². The van der Waals surface area contributed by atoms with Gasteiger partial charge < -0.3 is 9.68 Å². The lowest BCUT2D eigenvalue weighted by atomic mass is 9.77. The standard InChI is InChI=1S/C18H17BN4O3/c1-18(2)13-7-6-12(9-14(13)19(25)26-18)10-16(24)15-11-23(22-21-15)17-5-3-4-8-20-17/h3-9,11,25H,10H2,1-2H3. The van der Waals surface area contributed by atoms with Gasteiger partial charge in [-0.05, 0) is 42.6 Å². The highest BCUT2D eigenvalue weighted by Crippen LogP contribution is 2.30. The van der Waals surface area contributed by atoms with Crippen LogP contribution in [0.3, 0.4) is 0 Å². The molecule has 0 saturated carbocycles. The summed E-state index contributed by atoms with van der Waals surface area (Å²) in [6.45, 7) is 3.81. The SMILES string of the molecule is CC1(C)OB(O)c2cc(CC(=O)c3cn(-c4ccccn4)nn3)ccc21. The molecule has 26 heavy (non-hydrogen) atoms. The third-order valence-electron chi connectivity index (χ3n) is 4.46. The van der Waals surface area contributed by atoms with Crippen molar-refractivity contribution in [1.82, 2.24) is 20.0 Å². The Morgan fingerprint density at radius 3 is 2.92 bits per heavy atom. The number of hydrogen-bond acceptors (Lipinski definition) is 6. The van der Waals surface area contributed by atoms with Gasteiger partial charge in [0.05, 0.1) is 11.8 Å². The molecule has 0 spiro atoms. The molecule has 0 bridgehead atoms. The Balaban J connectivity index is 1.55. The summed E-state index contributed by atoms with van der Waals surface area (Å²) in [6.07, 6.45) is 3.39. The summed E-state index contributed by atoms with van der Waals surface area (Å²) in [6, 6.07) is 11.0. The molecule has 3 aromatic rings. The number of fused-ring (bicyclic) bond motifs is 1. The minimum Gasteiger partial charge on any atom is -0.423 e. The van der Waals surface area contributed by atoms with E-state index in [4.69, 9.17) is 4.65 Å². The van der Waals surface area contributed by atoms with Gasteiger partial charge in [-0.15, -0.1) is 5.10 Å². The van der Waals surface area contributed by atoms with Crippen LogP contribution in [0.2, 0.25) is 0 Å². The van der Waals surface area contributed by atoms with Crippen LogP contribution in [0, 0.1) is 0 Å². The lowest BCUT2D eigenvalue weighted by Gasteiger charge is -2.19. The maximum absolute atomic E-state index is 12.5. The summed E-state index contributed by atoms with van der Waals surface area (Å²) in [7, 11) is -0.972. The van der Waals surface area contributed by atoms with Gasteiger partial charge in [0, 0.05) is 12.6 Å². The van der Waals surface area contributed by atoms with E-state index in [1.165, 1.54) is 4.68 Å². The van der Waals surface area contributed by atoms with Crippen molar-refractivity contribution >= 4 is 18.4 Å². The van der Waals surface area contributed by atoms with E-state index in [1.807, 2.05) is 38.1 Å². The van der Waals surface area contributed by atoms with Crippen LogP contribution in [0.5, 0.6) is 0 Å². The number of hydrogen-bond donors (Lipinski definition) is 1. The molecule has 1 N–H and O–H groups in total. The third-order valence-corrected chi connectivity index (χ3v) is 4.46. The van der Waals surface area contributed by atoms with Crippen molar-refractivity contribution in [3.63, 3.8) is 0 Å². The molecule has 0 atom stereocenters. The minimum absolute atomic E-state index is 0.153. The molecule has 0 radical (unpaired) electrons. The molecule has 1 aromatic carbocycles. The number of carbonyl (C=O) groups is 1. The highest BCUT2D eigenvalue weighted by atomic mass is 16.5. The van der Waals surface area contributed by atoms with Crippen LogP contribution in [0.15, 0.2) is 48.8 Å². The van der Waals surface area contributed by atoms with Gasteiger partial charge in [0.2, 0.25) is 0 Å². The van der Waals surface area contributed by atoms with Crippen molar-refractivity contribution < 1.29 is 14.5 Å². The molecule has 0 fully saturated rings. The highest BCUT2D eigenvalue weighted by molar-refractivity contribution is 6.62. The molecule has 0 aliphatic carbocycles. The van der Waals surface area contributed by atoms with Crippen molar-refractivity contribution in [2.75, 3.05) is 0 Å². The Morgan fingerprint density at radius 1 is 1.31 bits per heavy atom. The zero-order chi connectivity index (χ0) is 18.3. The number of carbonyl (C=O) groups excluding carboxylic acids is 1. The van der Waals surface area contributed by atoms with Crippen LogP contribution >= 0.6 is 0 Å². The fraction of sp³-hybridized carbons (Fsp3) is 0.222. The van der Waals surface area contributed by atoms with E-state index in [0.717, 1.165) is 11.1 Å². The van der Waals surface area contributed by atoms with Crippen molar-refractivity contribution in [3.8, 4) is 5.82 Å². The molecule has 3 heterocycles. The maximum Gasteiger partial charge on any atom is 0.492 e. The van der Waals surface area contributed by atoms with Gasteiger partial charge in [0.1, 0.15) is 5.69 Å². The third kappa shape index (κ3) is 2.93. The van der Waals surface area contributed by atoms with Gasteiger partial charge >= 0.3 is 7.12 Å². The molecule has 7 nitrogen and oxygen atoms in total. The first kappa shape index (κ1) is 16.6. The van der Waals surface area contributed by atoms with Gasteiger partial charge in [0.15, 0.2) is 11.6 Å². The molecule has 2 aromatic heterocycles. The Bertz CT molecular complexity index is 972. The number of ketones is 1. The second kappa shape index (κ2) is 6.15. The number of rotatable bonds is 4. The zero-order valence-corrected chi connectivity index (χ0v) is 14.5. The molecule has 0 unspecified atom stereocenters. The molecule has 0 saturated heterocycles. The first-order valence-corrected chi connectivity index (χ1v) is 8.30. The number of pyridine rings is 1. The number of nitrogens with zero attached hydrogens (tertiary/aromatic N) is 4. The fourth-order valence-corrected chi connectivity index (χ4v) is 3.15. The van der Waals surface area contributed by atoms with Crippen LogP contribution < -0.4 is 5.46 Å². The Kier molecular flexibility index (Phi) is 3.94. The molecular formula is C18H17BN4O3. The van der Waals surface area contributed by atoms with Gasteiger partial charge in [0.25, 0.3) is 0 Å². The van der Waals surface area contributed by atoms with Gasteiger partial charge in [-0.3, -0.25) is 4.79 Å². The molecule has 0 amide bonds. The van der Waals surface area contributed by atoms with Crippen molar-refractivity contribution in [1.29, 1.82) is 0 Å². The average molecular weight is 348 g/mol. The Labute approximate surface area is 150 Å². The van der Waals surface area contributed by atoms with Crippen molar-refractivity contribution in [2.45, 2.75) is 25.9 Å². The second-order valence-corrected chi connectivity index (χ2v) is 6.74. The predicted octanol–water partition coefficient (Wildman–Crippen LogP) is 1.04. The van der Waals surface area contributed by atoms with Crippen LogP contribution in [0.25, 0.3) is 5.82 Å². The first-order valence-electron chi connectivity index (χ1n) is 8.30. The smallest absolute Gasteiger partial charge is 0.423 e. The van der Waals surface area contributed by atoms with E-state index in [-0.39, 0.29) is 17.9 Å². The van der Waals surface area contributed by atoms with Crippen LogP contribution in [-0.2, 0) is 16.7 Å². The largest absolute Gasteiger partial charge is 0.492 e. The first-order chi connectivity index (χ1) is 12.4. The van der Waals surface area contributed by atoms with E-state index in [2.05, 4.69) is 15.3 Å². The normalized spacial score (nSPS) is 15.1. The molecule has 8 heteroatoms. The molecule has 1 aliphatic heterocycles. The highest BCUT2D eigenvalue weighted by Gasteiger charge is 2.40. The summed E-state index contributed by atoms with van der Waals surface area (Å²) < 4.78 is 7.02. The summed E-state index contributed by atoms with van der Waals surface area (Å²) in [5, 5.41) is 18.0. The van der Waals surface area contributed by atoms with Crippen LogP contribution in [0.4, 0.5) is 0 Å². The Morgan fingerprint density at radius 2 is 2.15 bits per heavy atom. The predicted molar refractivity (Wildman–Crippen MR) is 95.3 cm³/mol. The van der Waals surface area contributed by atoms with E-state index >= 15 is 0 Å². The van der Waals surface area contributed by atoms with Crippen LogP contribution in [0.1, 0.15) is 35.5 Å². The number of Topliss-reactive ketones (excluding diaryl/α,β-unsaturated/α-hetero) is 1. The summed E-state index contributed by atoms with van der Waals surface area (Å²) in [5.41, 5.74) is 2.16. The van der Waals surface area contributed by atoms with E-state index < -0.39 is 12.7 Å². The second-order valence-electron chi connectivity index (χ2n) is 6.74.